The molecule has 6 heteroatoms. The summed E-state index contributed by atoms with van der Waals surface area (Å²) in [5.41, 5.74) is 0.152. The van der Waals surface area contributed by atoms with Crippen LogP contribution in [0, 0.1) is 11.7 Å². The molecule has 0 unspecified atom stereocenters. The van der Waals surface area contributed by atoms with E-state index in [1.807, 2.05) is 0 Å². The Morgan fingerprint density at radius 1 is 1.21 bits per heavy atom. The first kappa shape index (κ1) is 17.3. The third kappa shape index (κ3) is 3.45. The lowest BCUT2D eigenvalue weighted by atomic mass is 9.73. The molecule has 0 radical (unpaired) electrons. The van der Waals surface area contributed by atoms with Gasteiger partial charge in [-0.2, -0.15) is 0 Å². The van der Waals surface area contributed by atoms with E-state index in [2.05, 4.69) is 0 Å². The molecule has 0 aliphatic carbocycles. The van der Waals surface area contributed by atoms with Crippen LogP contribution in [0.1, 0.15) is 18.4 Å². The zero-order valence-corrected chi connectivity index (χ0v) is 13.7. The van der Waals surface area contributed by atoms with Crippen molar-refractivity contribution in [3.63, 3.8) is 0 Å². The first-order chi connectivity index (χ1) is 11.7. The Morgan fingerprint density at radius 2 is 1.92 bits per heavy atom. The SMILES string of the molecule is O=C(N1CCOC[C@H](CO)C1)C1(c2ccc(F)cc2)CCOCC1. The number of hydrogen-bond acceptors (Lipinski definition) is 4. The molecule has 2 aliphatic heterocycles. The number of carbonyl (C=O) groups is 1. The number of carbonyl (C=O) groups excluding carboxylic acids is 1. The van der Waals surface area contributed by atoms with Crippen molar-refractivity contribution >= 4 is 5.91 Å². The second-order valence-electron chi connectivity index (χ2n) is 6.58. The van der Waals surface area contributed by atoms with Crippen LogP contribution in [0.25, 0.3) is 0 Å². The van der Waals surface area contributed by atoms with E-state index in [4.69, 9.17) is 9.47 Å². The lowest BCUT2D eigenvalue weighted by molar-refractivity contribution is -0.142. The van der Waals surface area contributed by atoms with Crippen LogP contribution >= 0.6 is 0 Å². The molecule has 1 N–H and O–H groups in total. The number of benzene rings is 1. The van der Waals surface area contributed by atoms with E-state index in [0.717, 1.165) is 5.56 Å². The molecular formula is C18H24FNO4. The number of ether oxygens (including phenoxy) is 2. The summed E-state index contributed by atoms with van der Waals surface area (Å²) < 4.78 is 24.3. The number of halogens is 1. The summed E-state index contributed by atoms with van der Waals surface area (Å²) in [6.07, 6.45) is 1.16. The minimum Gasteiger partial charge on any atom is -0.396 e. The van der Waals surface area contributed by atoms with Gasteiger partial charge in [-0.05, 0) is 30.5 Å². The number of rotatable bonds is 3. The van der Waals surface area contributed by atoms with Gasteiger partial charge in [0, 0.05) is 38.8 Å². The van der Waals surface area contributed by atoms with Crippen molar-refractivity contribution in [2.75, 3.05) is 46.1 Å². The van der Waals surface area contributed by atoms with Gasteiger partial charge in [0.25, 0.3) is 0 Å². The van der Waals surface area contributed by atoms with Crippen molar-refractivity contribution in [3.8, 4) is 0 Å². The molecule has 0 spiro atoms. The summed E-state index contributed by atoms with van der Waals surface area (Å²) in [6.45, 7) is 2.95. The standard InChI is InChI=1S/C18H24FNO4/c19-16-3-1-15(2-4-16)18(5-8-23-9-6-18)17(22)20-7-10-24-13-14(11-20)12-21/h1-4,14,21H,5-13H2/t14-/m0/s1. The maximum atomic E-state index is 13.4. The van der Waals surface area contributed by atoms with Gasteiger partial charge in [0.1, 0.15) is 5.82 Å². The number of nitrogens with zero attached hydrogens (tertiary/aromatic N) is 1. The maximum Gasteiger partial charge on any atom is 0.233 e. The Labute approximate surface area is 141 Å². The minimum absolute atomic E-state index is 0.00353. The van der Waals surface area contributed by atoms with Gasteiger partial charge in [-0.1, -0.05) is 12.1 Å². The van der Waals surface area contributed by atoms with Gasteiger partial charge in [0.05, 0.1) is 18.6 Å². The average Bonchev–Trinajstić information content (AvgIpc) is 2.88. The first-order valence-corrected chi connectivity index (χ1v) is 8.47. The molecule has 2 aliphatic rings. The summed E-state index contributed by atoms with van der Waals surface area (Å²) >= 11 is 0. The number of hydrogen-bond donors (Lipinski definition) is 1. The lowest BCUT2D eigenvalue weighted by Gasteiger charge is -2.40. The third-order valence-electron chi connectivity index (χ3n) is 5.04. The molecule has 24 heavy (non-hydrogen) atoms. The highest BCUT2D eigenvalue weighted by Crippen LogP contribution is 2.37. The van der Waals surface area contributed by atoms with Crippen molar-refractivity contribution in [1.29, 1.82) is 0 Å². The summed E-state index contributed by atoms with van der Waals surface area (Å²) in [5, 5.41) is 9.46. The molecule has 0 aromatic heterocycles. The summed E-state index contributed by atoms with van der Waals surface area (Å²) in [5.74, 6) is -0.347. The van der Waals surface area contributed by atoms with Gasteiger partial charge in [-0.25, -0.2) is 4.39 Å². The fourth-order valence-electron chi connectivity index (χ4n) is 3.59. The number of aliphatic hydroxyl groups excluding tert-OH is 1. The highest BCUT2D eigenvalue weighted by Gasteiger charge is 2.44. The fourth-order valence-corrected chi connectivity index (χ4v) is 3.59. The van der Waals surface area contributed by atoms with Gasteiger partial charge in [0.15, 0.2) is 0 Å². The Bertz CT molecular complexity index is 557. The van der Waals surface area contributed by atoms with E-state index in [9.17, 15) is 14.3 Å². The average molecular weight is 337 g/mol. The molecule has 132 valence electrons. The maximum absolute atomic E-state index is 13.4. The first-order valence-electron chi connectivity index (χ1n) is 8.47. The lowest BCUT2D eigenvalue weighted by Crippen LogP contribution is -2.51. The van der Waals surface area contributed by atoms with Gasteiger partial charge >= 0.3 is 0 Å². The van der Waals surface area contributed by atoms with E-state index in [1.165, 1.54) is 12.1 Å². The van der Waals surface area contributed by atoms with Gasteiger partial charge < -0.3 is 19.5 Å². The number of amides is 1. The van der Waals surface area contributed by atoms with Crippen LogP contribution in [-0.4, -0.2) is 62.0 Å². The molecular weight excluding hydrogens is 313 g/mol. The molecule has 5 nitrogen and oxygen atoms in total. The van der Waals surface area contributed by atoms with Gasteiger partial charge in [-0.3, -0.25) is 4.79 Å². The zero-order chi connectivity index (χ0) is 17.0. The molecule has 2 saturated heterocycles. The molecule has 3 rings (SSSR count). The van der Waals surface area contributed by atoms with Crippen LogP contribution in [0.3, 0.4) is 0 Å². The number of aliphatic hydroxyl groups is 1. The van der Waals surface area contributed by atoms with Crippen LogP contribution in [0.4, 0.5) is 4.39 Å². The molecule has 1 aromatic rings. The predicted octanol–water partition coefficient (Wildman–Crippen LogP) is 1.34. The summed E-state index contributed by atoms with van der Waals surface area (Å²) in [4.78, 5) is 15.2. The molecule has 0 saturated carbocycles. The van der Waals surface area contributed by atoms with Crippen LogP contribution in [0.2, 0.25) is 0 Å². The monoisotopic (exact) mass is 337 g/mol. The summed E-state index contributed by atoms with van der Waals surface area (Å²) in [7, 11) is 0. The molecule has 2 heterocycles. The quantitative estimate of drug-likeness (QED) is 0.904. The van der Waals surface area contributed by atoms with Crippen molar-refractivity contribution in [2.45, 2.75) is 18.3 Å². The second-order valence-corrected chi connectivity index (χ2v) is 6.58. The summed E-state index contributed by atoms with van der Waals surface area (Å²) in [6, 6.07) is 6.22. The van der Waals surface area contributed by atoms with Crippen LogP contribution < -0.4 is 0 Å². The highest BCUT2D eigenvalue weighted by atomic mass is 19.1. The molecule has 1 aromatic carbocycles. The van der Waals surface area contributed by atoms with Crippen LogP contribution in [-0.2, 0) is 19.7 Å². The van der Waals surface area contributed by atoms with E-state index in [0.29, 0.717) is 52.4 Å². The largest absolute Gasteiger partial charge is 0.396 e. The van der Waals surface area contributed by atoms with Crippen molar-refractivity contribution in [3.05, 3.63) is 35.6 Å². The fraction of sp³-hybridized carbons (Fsp3) is 0.611. The van der Waals surface area contributed by atoms with E-state index in [-0.39, 0.29) is 24.2 Å². The Hall–Kier alpha value is -1.50. The van der Waals surface area contributed by atoms with Gasteiger partial charge in [0.2, 0.25) is 5.91 Å². The van der Waals surface area contributed by atoms with E-state index in [1.54, 1.807) is 17.0 Å². The van der Waals surface area contributed by atoms with E-state index < -0.39 is 5.41 Å². The smallest absolute Gasteiger partial charge is 0.233 e. The molecule has 0 bridgehead atoms. The second kappa shape index (κ2) is 7.59. The van der Waals surface area contributed by atoms with Gasteiger partial charge in [-0.15, -0.1) is 0 Å². The van der Waals surface area contributed by atoms with Crippen LogP contribution in [0.5, 0.6) is 0 Å². The topological polar surface area (TPSA) is 59.0 Å². The Kier molecular flexibility index (Phi) is 5.48. The Balaban J connectivity index is 1.90. The highest BCUT2D eigenvalue weighted by molar-refractivity contribution is 5.88. The Morgan fingerprint density at radius 3 is 2.58 bits per heavy atom. The van der Waals surface area contributed by atoms with Crippen molar-refractivity contribution in [2.24, 2.45) is 5.92 Å². The van der Waals surface area contributed by atoms with Crippen molar-refractivity contribution in [1.82, 2.24) is 4.90 Å². The van der Waals surface area contributed by atoms with Crippen LogP contribution in [0.15, 0.2) is 24.3 Å². The minimum atomic E-state index is -0.684. The third-order valence-corrected chi connectivity index (χ3v) is 5.04. The van der Waals surface area contributed by atoms with E-state index >= 15 is 0 Å². The molecule has 1 amide bonds. The predicted molar refractivity (Wildman–Crippen MR) is 86.1 cm³/mol. The zero-order valence-electron chi connectivity index (χ0n) is 13.7. The molecule has 2 fully saturated rings. The normalized spacial score (nSPS) is 24.4. The molecule has 1 atom stereocenters. The van der Waals surface area contributed by atoms with Crippen molar-refractivity contribution < 1.29 is 23.8 Å².